The molecule has 0 bridgehead atoms. The first-order valence-corrected chi connectivity index (χ1v) is 9.66. The summed E-state index contributed by atoms with van der Waals surface area (Å²) >= 11 is 0. The van der Waals surface area contributed by atoms with Crippen LogP contribution in [0.15, 0.2) is 65.7 Å². The van der Waals surface area contributed by atoms with Crippen LogP contribution in [-0.2, 0) is 6.54 Å². The first kappa shape index (κ1) is 18.7. The second kappa shape index (κ2) is 7.86. The van der Waals surface area contributed by atoms with Crippen molar-refractivity contribution >= 4 is 11.5 Å². The van der Waals surface area contributed by atoms with Crippen molar-refractivity contribution in [3.8, 4) is 28.6 Å². The fourth-order valence-corrected chi connectivity index (χ4v) is 3.24. The molecule has 154 valence electrons. The second-order valence-electron chi connectivity index (χ2n) is 6.92. The Morgan fingerprint density at radius 3 is 2.71 bits per heavy atom. The molecule has 0 fully saturated rings. The Kier molecular flexibility index (Phi) is 4.75. The van der Waals surface area contributed by atoms with Crippen LogP contribution in [0.5, 0.6) is 5.75 Å². The molecular weight excluding hydrogens is 394 g/mol. The zero-order valence-electron chi connectivity index (χ0n) is 17.0. The van der Waals surface area contributed by atoms with E-state index in [2.05, 4.69) is 30.4 Å². The average molecular weight is 413 g/mol. The van der Waals surface area contributed by atoms with Gasteiger partial charge in [-0.1, -0.05) is 17.3 Å². The van der Waals surface area contributed by atoms with Crippen LogP contribution >= 0.6 is 0 Å². The quantitative estimate of drug-likeness (QED) is 0.449. The van der Waals surface area contributed by atoms with E-state index in [0.29, 0.717) is 18.3 Å². The van der Waals surface area contributed by atoms with E-state index < -0.39 is 0 Å². The Morgan fingerprint density at radius 2 is 1.94 bits per heavy atom. The summed E-state index contributed by atoms with van der Waals surface area (Å²) in [6, 6.07) is 13.6. The number of hydrogen-bond donors (Lipinski definition) is 1. The molecule has 1 aromatic carbocycles. The molecule has 0 saturated carbocycles. The highest BCUT2D eigenvalue weighted by atomic mass is 16.5. The standard InChI is InChI=1S/C22H19N7O2/c1-14-27-22(31-28-14)16-5-3-15(4-6-16)11-23-20-10-18(25-13-26-20)19-12-24-21-9-17(30-2)7-8-29(19)21/h3-10,12-13H,11H2,1-2H3,(H,23,25,26). The van der Waals surface area contributed by atoms with Gasteiger partial charge in [0.25, 0.3) is 5.89 Å². The lowest BCUT2D eigenvalue weighted by Gasteiger charge is -2.08. The molecule has 5 aromatic rings. The highest BCUT2D eigenvalue weighted by molar-refractivity contribution is 5.63. The largest absolute Gasteiger partial charge is 0.497 e. The van der Waals surface area contributed by atoms with Crippen LogP contribution in [0.2, 0.25) is 0 Å². The molecule has 0 aliphatic rings. The van der Waals surface area contributed by atoms with Gasteiger partial charge >= 0.3 is 0 Å². The maximum Gasteiger partial charge on any atom is 0.257 e. The van der Waals surface area contributed by atoms with Crippen LogP contribution in [-0.4, -0.2) is 36.6 Å². The molecule has 31 heavy (non-hydrogen) atoms. The molecule has 0 aliphatic carbocycles. The van der Waals surface area contributed by atoms with Crippen molar-refractivity contribution in [1.82, 2.24) is 29.5 Å². The Bertz CT molecular complexity index is 1340. The average Bonchev–Trinajstić information content (AvgIpc) is 3.44. The summed E-state index contributed by atoms with van der Waals surface area (Å²) < 4.78 is 12.4. The van der Waals surface area contributed by atoms with Gasteiger partial charge in [-0.3, -0.25) is 4.40 Å². The highest BCUT2D eigenvalue weighted by Gasteiger charge is 2.10. The third kappa shape index (κ3) is 3.80. The lowest BCUT2D eigenvalue weighted by atomic mass is 10.1. The van der Waals surface area contributed by atoms with Crippen molar-refractivity contribution in [2.24, 2.45) is 0 Å². The molecule has 0 aliphatic heterocycles. The normalized spacial score (nSPS) is 11.0. The number of aromatic nitrogens is 6. The van der Waals surface area contributed by atoms with E-state index in [4.69, 9.17) is 9.26 Å². The topological polar surface area (TPSA) is 103 Å². The smallest absolute Gasteiger partial charge is 0.257 e. The van der Waals surface area contributed by atoms with Crippen molar-refractivity contribution in [3.05, 3.63) is 72.6 Å². The van der Waals surface area contributed by atoms with Gasteiger partial charge in [0.05, 0.1) is 24.7 Å². The molecular formula is C22H19N7O2. The van der Waals surface area contributed by atoms with Crippen LogP contribution in [0.3, 0.4) is 0 Å². The van der Waals surface area contributed by atoms with Crippen LogP contribution in [0.4, 0.5) is 5.82 Å². The van der Waals surface area contributed by atoms with Gasteiger partial charge in [-0.2, -0.15) is 4.98 Å². The lowest BCUT2D eigenvalue weighted by Crippen LogP contribution is -2.02. The number of imidazole rings is 1. The number of nitrogens with zero attached hydrogens (tertiary/aromatic N) is 6. The fourth-order valence-electron chi connectivity index (χ4n) is 3.24. The molecule has 5 rings (SSSR count). The second-order valence-corrected chi connectivity index (χ2v) is 6.92. The summed E-state index contributed by atoms with van der Waals surface area (Å²) in [5.74, 6) is 2.62. The summed E-state index contributed by atoms with van der Waals surface area (Å²) in [5.41, 5.74) is 4.43. The van der Waals surface area contributed by atoms with Crippen LogP contribution in [0.25, 0.3) is 28.5 Å². The van der Waals surface area contributed by atoms with Gasteiger partial charge in [-0.15, -0.1) is 0 Å². The SMILES string of the molecule is COc1ccn2c(-c3cc(NCc4ccc(-c5nc(C)no5)cc4)ncn3)cnc2c1. The first-order valence-electron chi connectivity index (χ1n) is 9.66. The molecule has 4 aromatic heterocycles. The third-order valence-electron chi connectivity index (χ3n) is 4.85. The van der Waals surface area contributed by atoms with Gasteiger partial charge in [0, 0.05) is 30.4 Å². The summed E-state index contributed by atoms with van der Waals surface area (Å²) in [6.07, 6.45) is 5.25. The summed E-state index contributed by atoms with van der Waals surface area (Å²) in [6.45, 7) is 2.41. The summed E-state index contributed by atoms with van der Waals surface area (Å²) in [5, 5.41) is 7.16. The predicted molar refractivity (Wildman–Crippen MR) is 115 cm³/mol. The summed E-state index contributed by atoms with van der Waals surface area (Å²) in [4.78, 5) is 17.4. The number of rotatable bonds is 6. The minimum atomic E-state index is 0.517. The number of pyridine rings is 1. The predicted octanol–water partition coefficient (Wildman–Crippen LogP) is 3.77. The number of fused-ring (bicyclic) bond motifs is 1. The molecule has 0 unspecified atom stereocenters. The zero-order valence-corrected chi connectivity index (χ0v) is 17.0. The van der Waals surface area contributed by atoms with Crippen LogP contribution < -0.4 is 10.1 Å². The van der Waals surface area contributed by atoms with Crippen LogP contribution in [0, 0.1) is 6.92 Å². The monoisotopic (exact) mass is 413 g/mol. The van der Waals surface area contributed by atoms with Crippen LogP contribution in [0.1, 0.15) is 11.4 Å². The third-order valence-corrected chi connectivity index (χ3v) is 4.85. The van der Waals surface area contributed by atoms with E-state index >= 15 is 0 Å². The molecule has 0 saturated heterocycles. The number of ether oxygens (including phenoxy) is 1. The van der Waals surface area contributed by atoms with E-state index in [1.807, 2.05) is 53.1 Å². The van der Waals surface area contributed by atoms with Gasteiger partial charge in [0.15, 0.2) is 5.82 Å². The molecule has 9 nitrogen and oxygen atoms in total. The minimum absolute atomic E-state index is 0.517. The van der Waals surface area contributed by atoms with Gasteiger partial charge < -0.3 is 14.6 Å². The van der Waals surface area contributed by atoms with E-state index in [-0.39, 0.29) is 0 Å². The number of hydrogen-bond acceptors (Lipinski definition) is 8. The van der Waals surface area contributed by atoms with Gasteiger partial charge in [0.1, 0.15) is 23.5 Å². The lowest BCUT2D eigenvalue weighted by molar-refractivity contribution is 0.414. The van der Waals surface area contributed by atoms with E-state index in [1.54, 1.807) is 26.6 Å². The summed E-state index contributed by atoms with van der Waals surface area (Å²) in [7, 11) is 1.64. The van der Waals surface area contributed by atoms with Crippen molar-refractivity contribution in [2.45, 2.75) is 13.5 Å². The number of benzene rings is 1. The maximum atomic E-state index is 5.26. The molecule has 0 radical (unpaired) electrons. The van der Waals surface area contributed by atoms with Crippen molar-refractivity contribution in [1.29, 1.82) is 0 Å². The van der Waals surface area contributed by atoms with E-state index in [9.17, 15) is 0 Å². The molecule has 1 N–H and O–H groups in total. The molecule has 4 heterocycles. The minimum Gasteiger partial charge on any atom is -0.497 e. The van der Waals surface area contributed by atoms with Gasteiger partial charge in [-0.25, -0.2) is 15.0 Å². The first-order chi connectivity index (χ1) is 15.2. The fraction of sp³-hybridized carbons (Fsp3) is 0.136. The number of anilines is 1. The van der Waals surface area contributed by atoms with Crippen molar-refractivity contribution < 1.29 is 9.26 Å². The Labute approximate surface area is 177 Å². The number of methoxy groups -OCH3 is 1. The Morgan fingerprint density at radius 1 is 1.06 bits per heavy atom. The van der Waals surface area contributed by atoms with Crippen molar-refractivity contribution in [2.75, 3.05) is 12.4 Å². The molecule has 0 atom stereocenters. The van der Waals surface area contributed by atoms with E-state index in [1.165, 1.54) is 0 Å². The molecule has 9 heteroatoms. The molecule has 0 amide bonds. The van der Waals surface area contributed by atoms with Gasteiger partial charge in [0.2, 0.25) is 0 Å². The highest BCUT2D eigenvalue weighted by Crippen LogP contribution is 2.23. The Balaban J connectivity index is 1.32. The van der Waals surface area contributed by atoms with E-state index in [0.717, 1.165) is 39.7 Å². The zero-order chi connectivity index (χ0) is 21.2. The molecule has 0 spiro atoms. The maximum absolute atomic E-state index is 5.26. The van der Waals surface area contributed by atoms with Crippen molar-refractivity contribution in [3.63, 3.8) is 0 Å². The number of nitrogens with one attached hydrogen (secondary N) is 1. The number of aryl methyl sites for hydroxylation is 1. The Hall–Kier alpha value is -4.27. The van der Waals surface area contributed by atoms with Gasteiger partial charge in [-0.05, 0) is 30.7 Å².